The summed E-state index contributed by atoms with van der Waals surface area (Å²) < 4.78 is 27.9. The Labute approximate surface area is 150 Å². The topological polar surface area (TPSA) is 86.7 Å². The summed E-state index contributed by atoms with van der Waals surface area (Å²) >= 11 is 6.21. The van der Waals surface area contributed by atoms with Gasteiger partial charge in [-0.3, -0.25) is 0 Å². The van der Waals surface area contributed by atoms with Crippen LogP contribution < -0.4 is 9.62 Å². The molecule has 0 radical (unpaired) electrons. The number of nitrogens with zero attached hydrogens (tertiary/aromatic N) is 1. The molecule has 2 heterocycles. The molecule has 4 rings (SSSR count). The minimum Gasteiger partial charge on any atom is -0.478 e. The van der Waals surface area contributed by atoms with Gasteiger partial charge in [-0.05, 0) is 42.7 Å². The SMILES string of the molecule is O=C(O)c1cccc(Cl)c1-c1ccc2c(c1)S(=O)(=O)NC1CCCN21. The van der Waals surface area contributed by atoms with Crippen LogP contribution in [-0.2, 0) is 10.0 Å². The van der Waals surface area contributed by atoms with Gasteiger partial charge in [-0.25, -0.2) is 13.2 Å². The van der Waals surface area contributed by atoms with Crippen molar-refractivity contribution in [2.75, 3.05) is 11.4 Å². The largest absolute Gasteiger partial charge is 0.478 e. The molecule has 130 valence electrons. The van der Waals surface area contributed by atoms with Crippen molar-refractivity contribution in [3.63, 3.8) is 0 Å². The van der Waals surface area contributed by atoms with Gasteiger partial charge >= 0.3 is 5.97 Å². The summed E-state index contributed by atoms with van der Waals surface area (Å²) in [7, 11) is -3.65. The molecule has 0 aromatic heterocycles. The fourth-order valence-electron chi connectivity index (χ4n) is 3.54. The minimum atomic E-state index is -3.65. The van der Waals surface area contributed by atoms with E-state index in [4.69, 9.17) is 11.6 Å². The summed E-state index contributed by atoms with van der Waals surface area (Å²) in [4.78, 5) is 13.7. The molecular weight excluding hydrogens is 364 g/mol. The standard InChI is InChI=1S/C17H15ClN2O4S/c18-12-4-1-3-11(17(21)22)16(12)10-6-7-13-14(9-10)25(23,24)19-15-5-2-8-20(13)15/h1,3-4,6-7,9,15,19H,2,5,8H2,(H,21,22). The summed E-state index contributed by atoms with van der Waals surface area (Å²) in [6, 6.07) is 9.55. The van der Waals surface area contributed by atoms with Gasteiger partial charge in [-0.2, -0.15) is 4.72 Å². The maximum Gasteiger partial charge on any atom is 0.336 e. The smallest absolute Gasteiger partial charge is 0.336 e. The third-order valence-corrected chi connectivity index (χ3v) is 6.44. The number of carboxylic acids is 1. The molecule has 1 unspecified atom stereocenters. The molecule has 1 saturated heterocycles. The first-order valence-electron chi connectivity index (χ1n) is 7.84. The highest BCUT2D eigenvalue weighted by atomic mass is 35.5. The second-order valence-electron chi connectivity index (χ2n) is 6.12. The van der Waals surface area contributed by atoms with Crippen LogP contribution in [0.4, 0.5) is 5.69 Å². The van der Waals surface area contributed by atoms with Gasteiger partial charge in [0.25, 0.3) is 0 Å². The van der Waals surface area contributed by atoms with Gasteiger partial charge in [-0.15, -0.1) is 0 Å². The zero-order valence-electron chi connectivity index (χ0n) is 13.1. The lowest BCUT2D eigenvalue weighted by molar-refractivity contribution is 0.0697. The number of sulfonamides is 1. The first-order valence-corrected chi connectivity index (χ1v) is 9.70. The zero-order valence-corrected chi connectivity index (χ0v) is 14.6. The van der Waals surface area contributed by atoms with Crippen LogP contribution in [0, 0.1) is 0 Å². The maximum atomic E-state index is 12.6. The number of benzene rings is 2. The van der Waals surface area contributed by atoms with Crippen molar-refractivity contribution >= 4 is 33.3 Å². The number of nitrogens with one attached hydrogen (secondary N) is 1. The van der Waals surface area contributed by atoms with Gasteiger partial charge in [0, 0.05) is 17.1 Å². The van der Waals surface area contributed by atoms with Crippen LogP contribution in [0.15, 0.2) is 41.3 Å². The van der Waals surface area contributed by atoms with Crippen LogP contribution in [0.5, 0.6) is 0 Å². The molecule has 0 amide bonds. The van der Waals surface area contributed by atoms with Crippen molar-refractivity contribution in [2.24, 2.45) is 0 Å². The number of carboxylic acid groups (broad SMARTS) is 1. The van der Waals surface area contributed by atoms with Crippen molar-refractivity contribution < 1.29 is 18.3 Å². The van der Waals surface area contributed by atoms with E-state index in [0.29, 0.717) is 16.8 Å². The van der Waals surface area contributed by atoms with E-state index >= 15 is 0 Å². The molecule has 8 heteroatoms. The van der Waals surface area contributed by atoms with Crippen LogP contribution in [0.25, 0.3) is 11.1 Å². The molecule has 0 saturated carbocycles. The molecule has 2 aliphatic rings. The highest BCUT2D eigenvalue weighted by Crippen LogP contribution is 2.40. The third-order valence-electron chi connectivity index (χ3n) is 4.64. The predicted molar refractivity (Wildman–Crippen MR) is 94.5 cm³/mol. The number of anilines is 1. The lowest BCUT2D eigenvalue weighted by Gasteiger charge is -2.34. The van der Waals surface area contributed by atoms with Gasteiger partial charge in [0.15, 0.2) is 0 Å². The van der Waals surface area contributed by atoms with E-state index < -0.39 is 16.0 Å². The van der Waals surface area contributed by atoms with E-state index in [9.17, 15) is 18.3 Å². The highest BCUT2D eigenvalue weighted by Gasteiger charge is 2.37. The molecule has 2 N–H and O–H groups in total. The van der Waals surface area contributed by atoms with E-state index in [1.165, 1.54) is 12.1 Å². The second kappa shape index (κ2) is 5.72. The number of hydrogen-bond acceptors (Lipinski definition) is 4. The minimum absolute atomic E-state index is 0.0349. The molecular formula is C17H15ClN2O4S. The van der Waals surface area contributed by atoms with E-state index in [0.717, 1.165) is 19.4 Å². The number of hydrogen-bond donors (Lipinski definition) is 2. The molecule has 0 bridgehead atoms. The number of fused-ring (bicyclic) bond motifs is 3. The molecule has 1 fully saturated rings. The average molecular weight is 379 g/mol. The summed E-state index contributed by atoms with van der Waals surface area (Å²) in [5, 5.41) is 9.68. The van der Waals surface area contributed by atoms with Crippen molar-refractivity contribution in [3.8, 4) is 11.1 Å². The highest BCUT2D eigenvalue weighted by molar-refractivity contribution is 7.89. The van der Waals surface area contributed by atoms with Crippen LogP contribution >= 0.6 is 11.6 Å². The van der Waals surface area contributed by atoms with E-state index in [1.54, 1.807) is 24.3 Å². The lowest BCUT2D eigenvalue weighted by Crippen LogP contribution is -2.48. The van der Waals surface area contributed by atoms with Crippen LogP contribution in [0.2, 0.25) is 5.02 Å². The number of aromatic carboxylic acids is 1. The van der Waals surface area contributed by atoms with E-state index in [1.807, 2.05) is 4.90 Å². The van der Waals surface area contributed by atoms with Gasteiger partial charge in [0.2, 0.25) is 10.0 Å². The zero-order chi connectivity index (χ0) is 17.8. The molecule has 25 heavy (non-hydrogen) atoms. The number of halogens is 1. The summed E-state index contributed by atoms with van der Waals surface area (Å²) in [6.07, 6.45) is 1.48. The van der Waals surface area contributed by atoms with Crippen molar-refractivity contribution in [3.05, 3.63) is 47.0 Å². The van der Waals surface area contributed by atoms with Crippen molar-refractivity contribution in [1.82, 2.24) is 4.72 Å². The molecule has 1 atom stereocenters. The lowest BCUT2D eigenvalue weighted by atomic mass is 9.99. The summed E-state index contributed by atoms with van der Waals surface area (Å²) in [6.45, 7) is 0.784. The third kappa shape index (κ3) is 2.59. The van der Waals surface area contributed by atoms with E-state index in [-0.39, 0.29) is 21.6 Å². The van der Waals surface area contributed by atoms with Gasteiger partial charge < -0.3 is 10.0 Å². The maximum absolute atomic E-state index is 12.6. The van der Waals surface area contributed by atoms with Crippen LogP contribution in [0.3, 0.4) is 0 Å². The molecule has 0 aliphatic carbocycles. The number of carbonyl (C=O) groups is 1. The first-order chi connectivity index (χ1) is 11.9. The molecule has 2 aromatic carbocycles. The van der Waals surface area contributed by atoms with Gasteiger partial charge in [-0.1, -0.05) is 23.7 Å². The first kappa shape index (κ1) is 16.4. The van der Waals surface area contributed by atoms with E-state index in [2.05, 4.69) is 4.72 Å². The summed E-state index contributed by atoms with van der Waals surface area (Å²) in [5.41, 5.74) is 1.46. The van der Waals surface area contributed by atoms with Crippen LogP contribution in [-0.4, -0.2) is 32.2 Å². The van der Waals surface area contributed by atoms with Gasteiger partial charge in [0.1, 0.15) is 4.90 Å². The van der Waals surface area contributed by atoms with Gasteiger partial charge in [0.05, 0.1) is 17.4 Å². The molecule has 6 nitrogen and oxygen atoms in total. The Morgan fingerprint density at radius 3 is 2.84 bits per heavy atom. The fourth-order valence-corrected chi connectivity index (χ4v) is 5.29. The Hall–Kier alpha value is -2.09. The predicted octanol–water partition coefficient (Wildman–Crippen LogP) is 2.92. The Morgan fingerprint density at radius 2 is 2.08 bits per heavy atom. The van der Waals surface area contributed by atoms with Crippen molar-refractivity contribution in [2.45, 2.75) is 23.9 Å². The molecule has 2 aromatic rings. The molecule has 0 spiro atoms. The molecule has 2 aliphatic heterocycles. The monoisotopic (exact) mass is 378 g/mol. The number of rotatable bonds is 2. The Bertz CT molecular complexity index is 990. The fraction of sp³-hybridized carbons (Fsp3) is 0.235. The van der Waals surface area contributed by atoms with Crippen molar-refractivity contribution in [1.29, 1.82) is 0 Å². The van der Waals surface area contributed by atoms with Crippen LogP contribution in [0.1, 0.15) is 23.2 Å². The average Bonchev–Trinajstić information content (AvgIpc) is 3.01. The quantitative estimate of drug-likeness (QED) is 0.839. The summed E-state index contributed by atoms with van der Waals surface area (Å²) in [5.74, 6) is -1.11. The second-order valence-corrected chi connectivity index (χ2v) is 8.21. The Morgan fingerprint density at radius 1 is 1.28 bits per heavy atom. The normalized spacial score (nSPS) is 20.8. The Kier molecular flexibility index (Phi) is 3.75. The Balaban J connectivity index is 1.93.